The van der Waals surface area contributed by atoms with E-state index in [2.05, 4.69) is 244 Å². The Balaban J connectivity index is 0.000000784. The second kappa shape index (κ2) is 72.4. The predicted molar refractivity (Wildman–Crippen MR) is 622 cm³/mol. The Hall–Kier alpha value is -10.9. The smallest absolute Gasteiger partial charge is 0.418 e. The minimum Gasteiger partial charge on any atom is -0.426 e. The molecular formula is C116H174N14O9S5. The van der Waals surface area contributed by atoms with E-state index in [1.54, 1.807) is 74.1 Å². The number of thiazole rings is 4. The molecule has 23 nitrogen and oxygen atoms in total. The molecule has 20 rings (SSSR count). The molecule has 16 heterocycles. The standard InChI is InChI=1S/C11H12O2.C10H11NO2.C10H15NS.2C10H11NS.2C9H10N2O2.C9H10N2O.C9H14N2S.C9H10N2S.10C2H6/c1-7(2)8-3-4-10-9(5-8)6-11(12)13-10;1-6(2)7-3-4-8-9(5-7)13-10(12)11-8;1-7(2)9-5-8-3-4-11-6-10(8)12-9;1-7(2)8-3-4-10-9(5-8)11-6-12-10;1-7(2)8-3-4-9-10(5-8)12-6-11-9;1-5(2)6-3-7-8(10-4-6)11-9(12)13-7;1-5(2)6-3-4-10-8-7(6)13-9(12)11-8;1-6(2)7-3-4-10-8-5-11-12-9(7)8;1-6(2)9-11-7-3-4-10-5-8(7)12-9;1-6(2)7-3-4-8-9(11-7)12-5-10-8;10*1-2/h3-5,7H,6H2,1-2H3;3-6H,1-2H3,(H,11,12);5,7,11H,3-4,6H2,1-2H3;2*3-7H,1-2H3;2*3-5H,1-2H3,(H,10,11,12);3-6H,1-2H3;6,10H,3-5H2,1-2H3;3-6H,1-2H3;10*1-2H3. The molecule has 0 saturated carbocycles. The predicted octanol–water partition coefficient (Wildman–Crippen LogP) is 34.5. The number of esters is 1. The van der Waals surface area contributed by atoms with Gasteiger partial charge in [0.2, 0.25) is 0 Å². The number of aromatic amines is 3. The first-order valence-electron chi connectivity index (χ1n) is 52.3. The first kappa shape index (κ1) is 131. The summed E-state index contributed by atoms with van der Waals surface area (Å²) in [7, 11) is 0. The van der Waals surface area contributed by atoms with E-state index in [1.807, 2.05) is 252 Å². The van der Waals surface area contributed by atoms with Crippen LogP contribution in [0.4, 0.5) is 0 Å². The molecule has 3 aliphatic heterocycles. The highest BCUT2D eigenvalue weighted by Crippen LogP contribution is 2.34. The number of pyridine rings is 4. The van der Waals surface area contributed by atoms with E-state index in [1.165, 1.54) is 53.7 Å². The summed E-state index contributed by atoms with van der Waals surface area (Å²) in [5.74, 6) is 4.38. The monoisotopic (exact) mass is 2070 g/mol. The van der Waals surface area contributed by atoms with Crippen molar-refractivity contribution in [1.82, 2.24) is 70.6 Å². The third-order valence-corrected chi connectivity index (χ3v) is 25.8. The summed E-state index contributed by atoms with van der Waals surface area (Å²) in [6.45, 7) is 87.4. The lowest BCUT2D eigenvalue weighted by atomic mass is 10.00. The van der Waals surface area contributed by atoms with Crippen LogP contribution in [-0.2, 0) is 37.1 Å². The third kappa shape index (κ3) is 42.3. The molecule has 0 amide bonds. The molecule has 0 radical (unpaired) electrons. The molecular weight excluding hydrogens is 1890 g/mol. The molecule has 0 aliphatic carbocycles. The minimum atomic E-state index is -0.455. The van der Waals surface area contributed by atoms with Gasteiger partial charge in [-0.2, -0.15) is 0 Å². The Bertz CT molecular complexity index is 6120. The molecule has 144 heavy (non-hydrogen) atoms. The van der Waals surface area contributed by atoms with Gasteiger partial charge in [-0.15, -0.1) is 56.7 Å². The summed E-state index contributed by atoms with van der Waals surface area (Å²) in [4.78, 5) is 90.7. The second-order valence-electron chi connectivity index (χ2n) is 33.4. The van der Waals surface area contributed by atoms with Gasteiger partial charge in [-0.3, -0.25) is 24.7 Å². The van der Waals surface area contributed by atoms with Crippen LogP contribution < -0.4 is 32.6 Å². The van der Waals surface area contributed by atoms with Crippen molar-refractivity contribution in [3.05, 3.63) is 263 Å². The Morgan fingerprint density at radius 2 is 0.854 bits per heavy atom. The largest absolute Gasteiger partial charge is 0.426 e. The zero-order chi connectivity index (χ0) is 109. The summed E-state index contributed by atoms with van der Waals surface area (Å²) in [5, 5.41) is 11.8. The fraction of sp³-hybridized carbons (Fsp3) is 0.491. The van der Waals surface area contributed by atoms with Crippen molar-refractivity contribution >= 4 is 138 Å². The molecule has 0 atom stereocenters. The zero-order valence-electron chi connectivity index (χ0n) is 94.4. The highest BCUT2D eigenvalue weighted by atomic mass is 32.1. The maximum Gasteiger partial charge on any atom is 0.418 e. The number of aromatic nitrogens is 12. The Kier molecular flexibility index (Phi) is 66.0. The number of carbonyl (C=O) groups is 1. The lowest BCUT2D eigenvalue weighted by molar-refractivity contribution is -0.131. The van der Waals surface area contributed by atoms with Gasteiger partial charge in [0.25, 0.3) is 0 Å². The van der Waals surface area contributed by atoms with E-state index < -0.39 is 17.3 Å². The van der Waals surface area contributed by atoms with Gasteiger partial charge in [0.05, 0.1) is 71.3 Å². The summed E-state index contributed by atoms with van der Waals surface area (Å²) in [6.07, 6.45) is 9.60. The summed E-state index contributed by atoms with van der Waals surface area (Å²) < 4.78 is 27.5. The molecule has 0 unspecified atom stereocenters. The Labute approximate surface area is 880 Å². The van der Waals surface area contributed by atoms with Crippen molar-refractivity contribution in [2.75, 3.05) is 13.1 Å². The van der Waals surface area contributed by atoms with Gasteiger partial charge in [-0.05, 0) is 178 Å². The van der Waals surface area contributed by atoms with E-state index >= 15 is 0 Å². The van der Waals surface area contributed by atoms with Gasteiger partial charge < -0.3 is 33.1 Å². The SMILES string of the molecule is CC.CC.CC.CC.CC.CC.CC.CC.CC.CC.CC(C)c1cc2c(s1)CNCC2.CC(C)c1ccc2[nH]c(=O)oc2c1.CC(C)c1ccc2c(c1)CC(=O)O2.CC(C)c1ccc2ncsc2c1.CC(C)c1ccc2ncsc2n1.CC(C)c1ccc2scnc2c1.CC(C)c1ccnc2[nH]c(=O)oc12.CC(C)c1ccnc2cnoc12.CC(C)c1cnc2[nH]c(=O)oc2c1.CC(C)c1nc2c(s1)CNCC2. The number of hydrogen-bond donors (Lipinski definition) is 5. The van der Waals surface area contributed by atoms with Crippen molar-refractivity contribution in [2.24, 2.45) is 0 Å². The van der Waals surface area contributed by atoms with Crippen LogP contribution in [0.15, 0.2) is 183 Å². The zero-order valence-corrected chi connectivity index (χ0v) is 98.5. The molecule has 4 aromatic carbocycles. The number of ether oxygens (including phenoxy) is 1. The molecule has 792 valence electrons. The van der Waals surface area contributed by atoms with Gasteiger partial charge in [0.15, 0.2) is 33.6 Å². The van der Waals surface area contributed by atoms with E-state index in [9.17, 15) is 19.2 Å². The van der Waals surface area contributed by atoms with Crippen LogP contribution in [0.3, 0.4) is 0 Å². The van der Waals surface area contributed by atoms with Crippen molar-refractivity contribution in [1.29, 1.82) is 0 Å². The second-order valence-corrected chi connectivity index (χ2v) is 38.3. The van der Waals surface area contributed by atoms with E-state index in [0.29, 0.717) is 93.6 Å². The van der Waals surface area contributed by atoms with Gasteiger partial charge in [-0.1, -0.05) is 312 Å². The number of nitrogens with zero attached hydrogens (tertiary/aromatic N) is 9. The average molecular weight is 2070 g/mol. The van der Waals surface area contributed by atoms with Crippen molar-refractivity contribution < 1.29 is 27.3 Å². The average Bonchev–Trinajstić information content (AvgIpc) is 1.67. The van der Waals surface area contributed by atoms with Crippen LogP contribution >= 0.6 is 56.7 Å². The third-order valence-electron chi connectivity index (χ3n) is 20.6. The number of rotatable bonds is 10. The number of thiophene rings is 1. The fourth-order valence-electron chi connectivity index (χ4n) is 13.1. The van der Waals surface area contributed by atoms with E-state index in [-0.39, 0.29) is 5.97 Å². The molecule has 0 fully saturated rings. The summed E-state index contributed by atoms with van der Waals surface area (Å²) in [5.41, 5.74) is 27.6. The summed E-state index contributed by atoms with van der Waals surface area (Å²) in [6, 6.07) is 36.9. The lowest BCUT2D eigenvalue weighted by Crippen LogP contribution is -2.22. The number of benzene rings is 4. The number of hydrogen-bond acceptors (Lipinski definition) is 25. The van der Waals surface area contributed by atoms with Gasteiger partial charge in [0, 0.05) is 87.6 Å². The van der Waals surface area contributed by atoms with Crippen LogP contribution in [-0.4, -0.2) is 79.0 Å². The number of carbonyl (C=O) groups excluding carboxylic acids is 1. The van der Waals surface area contributed by atoms with Crippen molar-refractivity contribution in [3.8, 4) is 5.75 Å². The van der Waals surface area contributed by atoms with Crippen LogP contribution in [0.5, 0.6) is 5.75 Å². The Morgan fingerprint density at radius 1 is 0.354 bits per heavy atom. The number of H-pyrrole nitrogens is 3. The molecule has 0 bridgehead atoms. The van der Waals surface area contributed by atoms with Crippen LogP contribution in [0.1, 0.15) is 417 Å². The van der Waals surface area contributed by atoms with Gasteiger partial charge in [-0.25, -0.2) is 49.3 Å². The highest BCUT2D eigenvalue weighted by Gasteiger charge is 2.22. The maximum absolute atomic E-state index is 11.0. The summed E-state index contributed by atoms with van der Waals surface area (Å²) >= 11 is 8.85. The van der Waals surface area contributed by atoms with Crippen LogP contribution in [0, 0.1) is 0 Å². The minimum absolute atomic E-state index is 0.143. The fourth-order valence-corrected chi connectivity index (χ4v) is 17.4. The molecule has 0 saturated heterocycles. The molecule has 5 N–H and O–H groups in total. The topological polar surface area (TPSA) is 318 Å². The highest BCUT2D eigenvalue weighted by molar-refractivity contribution is 7.17. The number of oxazole rings is 3. The lowest BCUT2D eigenvalue weighted by Gasteiger charge is -2.10. The van der Waals surface area contributed by atoms with Crippen LogP contribution in [0.25, 0.3) is 75.4 Å². The molecule has 28 heteroatoms. The first-order valence-corrected chi connectivity index (χ1v) is 56.6. The van der Waals surface area contributed by atoms with Crippen molar-refractivity contribution in [3.63, 3.8) is 0 Å². The maximum atomic E-state index is 11.0. The van der Waals surface area contributed by atoms with Gasteiger partial charge in [0.1, 0.15) is 16.1 Å². The first-order chi connectivity index (χ1) is 69.3. The number of nitrogens with one attached hydrogen (secondary N) is 5. The van der Waals surface area contributed by atoms with E-state index in [4.69, 9.17) is 22.5 Å². The van der Waals surface area contributed by atoms with Crippen molar-refractivity contribution in [2.45, 2.75) is 368 Å². The molecule has 3 aliphatic rings. The van der Waals surface area contributed by atoms with Crippen LogP contribution in [0.2, 0.25) is 0 Å². The van der Waals surface area contributed by atoms with E-state index in [0.717, 1.165) is 104 Å². The molecule has 17 aromatic rings. The number of fused-ring (bicyclic) bond motifs is 10. The normalized spacial score (nSPS) is 11.3. The Morgan fingerprint density at radius 3 is 1.44 bits per heavy atom. The molecule has 13 aromatic heterocycles. The molecule has 0 spiro atoms. The quantitative estimate of drug-likeness (QED) is 0.0627. The van der Waals surface area contributed by atoms with Gasteiger partial charge >= 0.3 is 23.2 Å².